The summed E-state index contributed by atoms with van der Waals surface area (Å²) in [6.07, 6.45) is 0. The first-order valence-electron chi connectivity index (χ1n) is 6.86. The number of carbonyl (C=O) groups excluding carboxylic acids is 1. The van der Waals surface area contributed by atoms with Crippen LogP contribution in [0.1, 0.15) is 0 Å². The van der Waals surface area contributed by atoms with Crippen LogP contribution in [0.15, 0.2) is 57.2 Å². The maximum Gasteiger partial charge on any atom is 0.302 e. The lowest BCUT2D eigenvalue weighted by Crippen LogP contribution is -2.07. The molecule has 3 aromatic rings. The van der Waals surface area contributed by atoms with Gasteiger partial charge < -0.3 is 14.8 Å². The summed E-state index contributed by atoms with van der Waals surface area (Å²) in [5.74, 6) is -0.213. The highest BCUT2D eigenvalue weighted by Gasteiger charge is 2.11. The molecule has 0 unspecified atom stereocenters. The highest BCUT2D eigenvalue weighted by molar-refractivity contribution is 9.10. The summed E-state index contributed by atoms with van der Waals surface area (Å²) in [7, 11) is 0. The van der Waals surface area contributed by atoms with Crippen LogP contribution in [0, 0.1) is 0 Å². The molecule has 2 N–H and O–H groups in total. The lowest BCUT2D eigenvalue weighted by atomic mass is 10.2. The zero-order valence-corrected chi connectivity index (χ0v) is 14.5. The highest BCUT2D eigenvalue weighted by Crippen LogP contribution is 2.36. The summed E-state index contributed by atoms with van der Waals surface area (Å²) in [6.45, 7) is -0.255. The number of nitrogens with one attached hydrogen (secondary N) is 1. The van der Waals surface area contributed by atoms with Crippen molar-refractivity contribution >= 4 is 50.0 Å². The summed E-state index contributed by atoms with van der Waals surface area (Å²) in [5, 5.41) is 18.3. The Morgan fingerprint density at radius 3 is 2.75 bits per heavy atom. The van der Waals surface area contributed by atoms with Crippen LogP contribution in [0.25, 0.3) is 10.9 Å². The molecule has 24 heavy (non-hydrogen) atoms. The SMILES string of the molecule is O=C(COc1ccc(Br)cc1)N=Nc1c(O)[nH]c2ccc(Cl)cc12. The van der Waals surface area contributed by atoms with Gasteiger partial charge in [-0.3, -0.25) is 4.79 Å². The van der Waals surface area contributed by atoms with Crippen LogP contribution in [-0.4, -0.2) is 22.6 Å². The highest BCUT2D eigenvalue weighted by atomic mass is 79.9. The second-order valence-corrected chi connectivity index (χ2v) is 6.20. The van der Waals surface area contributed by atoms with Crippen LogP contribution in [0.4, 0.5) is 5.69 Å². The number of ether oxygens (including phenoxy) is 1. The van der Waals surface area contributed by atoms with E-state index in [-0.39, 0.29) is 18.2 Å². The fourth-order valence-corrected chi connectivity index (χ4v) is 2.48. The molecule has 1 amide bonds. The van der Waals surface area contributed by atoms with Crippen molar-refractivity contribution in [2.75, 3.05) is 6.61 Å². The minimum atomic E-state index is -0.575. The van der Waals surface area contributed by atoms with Gasteiger partial charge >= 0.3 is 5.91 Å². The number of fused-ring (bicyclic) bond motifs is 1. The van der Waals surface area contributed by atoms with E-state index in [1.165, 1.54) is 0 Å². The van der Waals surface area contributed by atoms with E-state index >= 15 is 0 Å². The van der Waals surface area contributed by atoms with Crippen LogP contribution >= 0.6 is 27.5 Å². The lowest BCUT2D eigenvalue weighted by Gasteiger charge is -2.02. The summed E-state index contributed by atoms with van der Waals surface area (Å²) in [4.78, 5) is 14.5. The average molecular weight is 409 g/mol. The first-order chi connectivity index (χ1) is 11.5. The largest absolute Gasteiger partial charge is 0.493 e. The Hall–Kier alpha value is -2.38. The van der Waals surface area contributed by atoms with Crippen molar-refractivity contribution in [3.05, 3.63) is 52.0 Å². The van der Waals surface area contributed by atoms with E-state index in [0.717, 1.165) is 4.47 Å². The molecule has 0 saturated carbocycles. The van der Waals surface area contributed by atoms with Crippen molar-refractivity contribution in [2.45, 2.75) is 0 Å². The van der Waals surface area contributed by atoms with E-state index in [4.69, 9.17) is 16.3 Å². The minimum absolute atomic E-state index is 0.157. The van der Waals surface area contributed by atoms with Crippen molar-refractivity contribution in [3.8, 4) is 11.6 Å². The van der Waals surface area contributed by atoms with Gasteiger partial charge in [0.05, 0.1) is 5.52 Å². The summed E-state index contributed by atoms with van der Waals surface area (Å²) >= 11 is 9.25. The van der Waals surface area contributed by atoms with Crippen molar-refractivity contribution < 1.29 is 14.6 Å². The van der Waals surface area contributed by atoms with Gasteiger partial charge in [0.25, 0.3) is 0 Å². The number of aromatic hydroxyl groups is 1. The van der Waals surface area contributed by atoms with Crippen LogP contribution in [0.2, 0.25) is 5.02 Å². The Kier molecular flexibility index (Phi) is 4.82. The molecule has 8 heteroatoms. The molecule has 0 aliphatic rings. The second kappa shape index (κ2) is 7.02. The number of rotatable bonds is 4. The number of H-pyrrole nitrogens is 1. The molecule has 122 valence electrons. The van der Waals surface area contributed by atoms with E-state index in [9.17, 15) is 9.90 Å². The third-order valence-electron chi connectivity index (χ3n) is 3.15. The molecule has 0 fully saturated rings. The lowest BCUT2D eigenvalue weighted by molar-refractivity contribution is -0.120. The van der Waals surface area contributed by atoms with Gasteiger partial charge in [-0.05, 0) is 42.5 Å². The second-order valence-electron chi connectivity index (χ2n) is 4.85. The zero-order chi connectivity index (χ0) is 17.1. The molecular formula is C16H11BrClN3O3. The van der Waals surface area contributed by atoms with Crippen molar-refractivity contribution in [3.63, 3.8) is 0 Å². The van der Waals surface area contributed by atoms with E-state index < -0.39 is 5.91 Å². The molecule has 0 saturated heterocycles. The molecule has 0 spiro atoms. The number of nitrogens with zero attached hydrogens (tertiary/aromatic N) is 2. The average Bonchev–Trinajstić information content (AvgIpc) is 2.87. The van der Waals surface area contributed by atoms with E-state index in [1.54, 1.807) is 42.5 Å². The molecule has 0 aliphatic heterocycles. The molecule has 0 aliphatic carbocycles. The first-order valence-corrected chi connectivity index (χ1v) is 8.03. The molecule has 0 atom stereocenters. The Morgan fingerprint density at radius 1 is 1.25 bits per heavy atom. The molecule has 0 radical (unpaired) electrons. The maximum absolute atomic E-state index is 11.8. The molecular weight excluding hydrogens is 398 g/mol. The first kappa shape index (κ1) is 16.5. The number of halogens is 2. The van der Waals surface area contributed by atoms with Crippen LogP contribution in [0.3, 0.4) is 0 Å². The third kappa shape index (κ3) is 3.74. The standard InChI is InChI=1S/C16H11BrClN3O3/c17-9-1-4-11(5-2-9)24-8-14(22)20-21-15-12-7-10(18)3-6-13(12)19-16(15)23/h1-7,19,23H,8H2. The Labute approximate surface area is 150 Å². The normalized spacial score (nSPS) is 11.2. The molecule has 1 heterocycles. The van der Waals surface area contributed by atoms with Gasteiger partial charge in [-0.15, -0.1) is 10.2 Å². The summed E-state index contributed by atoms with van der Waals surface area (Å²) in [5.41, 5.74) is 0.800. The van der Waals surface area contributed by atoms with Gasteiger partial charge in [0.2, 0.25) is 5.88 Å². The summed E-state index contributed by atoms with van der Waals surface area (Å²) in [6, 6.07) is 12.1. The maximum atomic E-state index is 11.8. The van der Waals surface area contributed by atoms with E-state index in [0.29, 0.717) is 21.7 Å². The number of aromatic amines is 1. The topological polar surface area (TPSA) is 87.0 Å². The molecule has 6 nitrogen and oxygen atoms in total. The Morgan fingerprint density at radius 2 is 2.00 bits per heavy atom. The molecule has 0 bridgehead atoms. The predicted octanol–water partition coefficient (Wildman–Crippen LogP) is 4.98. The predicted molar refractivity (Wildman–Crippen MR) is 94.1 cm³/mol. The number of hydrogen-bond donors (Lipinski definition) is 2. The van der Waals surface area contributed by atoms with Gasteiger partial charge in [0.15, 0.2) is 12.3 Å². The van der Waals surface area contributed by atoms with Crippen LogP contribution < -0.4 is 4.74 Å². The number of aromatic nitrogens is 1. The number of carbonyl (C=O) groups is 1. The quantitative estimate of drug-likeness (QED) is 0.597. The van der Waals surface area contributed by atoms with Crippen LogP contribution in [0.5, 0.6) is 11.6 Å². The van der Waals surface area contributed by atoms with Crippen molar-refractivity contribution in [1.82, 2.24) is 4.98 Å². The number of hydrogen-bond acceptors (Lipinski definition) is 4. The van der Waals surface area contributed by atoms with Crippen molar-refractivity contribution in [1.29, 1.82) is 0 Å². The van der Waals surface area contributed by atoms with Gasteiger partial charge in [-0.2, -0.15) is 0 Å². The molecule has 3 rings (SSSR count). The fourth-order valence-electron chi connectivity index (χ4n) is 2.05. The van der Waals surface area contributed by atoms with Gasteiger partial charge in [-0.25, -0.2) is 0 Å². The van der Waals surface area contributed by atoms with Crippen LogP contribution in [-0.2, 0) is 4.79 Å². The Bertz CT molecular complexity index is 922. The van der Waals surface area contributed by atoms with Crippen molar-refractivity contribution in [2.24, 2.45) is 10.2 Å². The fraction of sp³-hybridized carbons (Fsp3) is 0.0625. The summed E-state index contributed by atoms with van der Waals surface area (Å²) < 4.78 is 6.23. The molecule has 1 aromatic heterocycles. The van der Waals surface area contributed by atoms with Gasteiger partial charge in [0, 0.05) is 14.9 Å². The Balaban J connectivity index is 1.71. The molecule has 2 aromatic carbocycles. The monoisotopic (exact) mass is 407 g/mol. The van der Waals surface area contributed by atoms with E-state index in [1.807, 2.05) is 0 Å². The van der Waals surface area contributed by atoms with Gasteiger partial charge in [-0.1, -0.05) is 27.5 Å². The van der Waals surface area contributed by atoms with Gasteiger partial charge in [0.1, 0.15) is 5.75 Å². The zero-order valence-electron chi connectivity index (χ0n) is 12.2. The smallest absolute Gasteiger partial charge is 0.302 e. The number of azo groups is 1. The third-order valence-corrected chi connectivity index (χ3v) is 3.92. The minimum Gasteiger partial charge on any atom is -0.493 e. The number of benzene rings is 2. The van der Waals surface area contributed by atoms with E-state index in [2.05, 4.69) is 31.1 Å². The number of amides is 1.